The Morgan fingerprint density at radius 2 is 1.00 bits per heavy atom. The van der Waals surface area contributed by atoms with Crippen LogP contribution in [0.2, 0.25) is 0 Å². The summed E-state index contributed by atoms with van der Waals surface area (Å²) in [7, 11) is 0. The van der Waals surface area contributed by atoms with Crippen molar-refractivity contribution in [3.8, 4) is 0 Å². The first kappa shape index (κ1) is 12.8. The fourth-order valence-electron chi connectivity index (χ4n) is 0.951. The van der Waals surface area contributed by atoms with Crippen LogP contribution in [-0.2, 0) is 0 Å². The highest BCUT2D eigenvalue weighted by molar-refractivity contribution is 4.55. The molecule has 0 saturated carbocycles. The first-order valence-corrected chi connectivity index (χ1v) is 4.44. The lowest BCUT2D eigenvalue weighted by molar-refractivity contribution is -0.349. The third kappa shape index (κ3) is 3.55. The average molecular weight is 193 g/mol. The molecule has 0 unspecified atom stereocenters. The lowest BCUT2D eigenvalue weighted by Gasteiger charge is -2.35. The van der Waals surface area contributed by atoms with Crippen LogP contribution >= 0.6 is 0 Å². The molecule has 80 valence electrons. The maximum atomic E-state index is 9.35. The van der Waals surface area contributed by atoms with E-state index in [2.05, 4.69) is 0 Å². The molecule has 6 heteroatoms. The van der Waals surface area contributed by atoms with Crippen LogP contribution in [0.1, 0.15) is 20.8 Å². The van der Waals surface area contributed by atoms with Gasteiger partial charge >= 0.3 is 0 Å². The van der Waals surface area contributed by atoms with E-state index in [1.165, 1.54) is 0 Å². The molecule has 0 amide bonds. The Labute approximate surface area is 78.5 Å². The topological polar surface area (TPSA) is 70.4 Å². The van der Waals surface area contributed by atoms with Crippen LogP contribution < -0.4 is 0 Å². The molecule has 0 rings (SSSR count). The standard InChI is InChI=1S/C7H19N3O3/c1-4-8(11)7(9(12)5-2)10(13)6-3/h7,11-13H,4-6H2,1-3H3. The van der Waals surface area contributed by atoms with Gasteiger partial charge in [0, 0.05) is 19.6 Å². The second-order valence-corrected chi connectivity index (χ2v) is 2.61. The molecule has 0 aliphatic rings. The van der Waals surface area contributed by atoms with E-state index in [1.807, 2.05) is 0 Å². The second kappa shape index (κ2) is 6.25. The minimum Gasteiger partial charge on any atom is -0.311 e. The summed E-state index contributed by atoms with van der Waals surface area (Å²) in [6.45, 7) is 6.12. The first-order chi connectivity index (χ1) is 6.08. The fraction of sp³-hybridized carbons (Fsp3) is 1.00. The molecule has 0 aliphatic heterocycles. The first-order valence-electron chi connectivity index (χ1n) is 4.44. The highest BCUT2D eigenvalue weighted by atomic mass is 16.6. The van der Waals surface area contributed by atoms with Gasteiger partial charge in [-0.2, -0.15) is 15.2 Å². The van der Waals surface area contributed by atoms with Crippen molar-refractivity contribution in [2.24, 2.45) is 0 Å². The van der Waals surface area contributed by atoms with Crippen molar-refractivity contribution in [3.63, 3.8) is 0 Å². The Balaban J connectivity index is 4.34. The number of rotatable bonds is 6. The van der Waals surface area contributed by atoms with Gasteiger partial charge in [0.1, 0.15) is 0 Å². The summed E-state index contributed by atoms with van der Waals surface area (Å²) >= 11 is 0. The number of nitrogens with zero attached hydrogens (tertiary/aromatic N) is 3. The predicted octanol–water partition coefficient (Wildman–Crippen LogP) is 0.403. The van der Waals surface area contributed by atoms with Crippen molar-refractivity contribution in [3.05, 3.63) is 0 Å². The van der Waals surface area contributed by atoms with Gasteiger partial charge in [0.05, 0.1) is 0 Å². The molecule has 0 fully saturated rings. The molecule has 0 aliphatic carbocycles. The molecule has 0 radical (unpaired) electrons. The fourth-order valence-corrected chi connectivity index (χ4v) is 0.951. The molecular formula is C7H19N3O3. The summed E-state index contributed by atoms with van der Waals surface area (Å²) in [5, 5.41) is 30.6. The van der Waals surface area contributed by atoms with E-state index in [1.54, 1.807) is 20.8 Å². The highest BCUT2D eigenvalue weighted by Gasteiger charge is 2.25. The molecule has 0 aromatic carbocycles. The van der Waals surface area contributed by atoms with Crippen LogP contribution in [0, 0.1) is 0 Å². The molecule has 0 saturated heterocycles. The molecule has 0 aromatic rings. The average Bonchev–Trinajstić information content (AvgIpc) is 2.16. The van der Waals surface area contributed by atoms with Gasteiger partial charge in [-0.05, 0) is 20.8 Å². The zero-order valence-electron chi connectivity index (χ0n) is 8.38. The van der Waals surface area contributed by atoms with E-state index in [9.17, 15) is 15.6 Å². The summed E-state index contributed by atoms with van der Waals surface area (Å²) in [5.74, 6) is 0. The van der Waals surface area contributed by atoms with Crippen molar-refractivity contribution in [1.29, 1.82) is 0 Å². The third-order valence-corrected chi connectivity index (χ3v) is 1.77. The number of hydrogen-bond donors (Lipinski definition) is 3. The Bertz CT molecular complexity index is 112. The Morgan fingerprint density at radius 1 is 0.769 bits per heavy atom. The lowest BCUT2D eigenvalue weighted by Crippen LogP contribution is -2.55. The van der Waals surface area contributed by atoms with Gasteiger partial charge < -0.3 is 15.6 Å². The smallest absolute Gasteiger partial charge is 0.185 e. The predicted molar refractivity (Wildman–Crippen MR) is 46.3 cm³/mol. The summed E-state index contributed by atoms with van der Waals surface area (Å²) in [4.78, 5) is 0. The van der Waals surface area contributed by atoms with E-state index < -0.39 is 6.29 Å². The van der Waals surface area contributed by atoms with E-state index in [-0.39, 0.29) is 0 Å². The molecule has 13 heavy (non-hydrogen) atoms. The van der Waals surface area contributed by atoms with Gasteiger partial charge in [0.25, 0.3) is 0 Å². The number of hydroxylamine groups is 6. The highest BCUT2D eigenvalue weighted by Crippen LogP contribution is 2.04. The van der Waals surface area contributed by atoms with E-state index in [0.717, 1.165) is 15.2 Å². The minimum absolute atomic E-state index is 0.318. The zero-order chi connectivity index (χ0) is 10.4. The normalized spacial score (nSPS) is 12.5. The Morgan fingerprint density at radius 3 is 1.15 bits per heavy atom. The number of hydrogen-bond acceptors (Lipinski definition) is 6. The maximum absolute atomic E-state index is 9.35. The van der Waals surface area contributed by atoms with Crippen LogP contribution in [0.3, 0.4) is 0 Å². The van der Waals surface area contributed by atoms with Crippen LogP contribution in [0.5, 0.6) is 0 Å². The van der Waals surface area contributed by atoms with Gasteiger partial charge in [0.2, 0.25) is 0 Å². The monoisotopic (exact) mass is 193 g/mol. The Hall–Kier alpha value is -0.240. The van der Waals surface area contributed by atoms with Crippen molar-refractivity contribution >= 4 is 0 Å². The molecular weight excluding hydrogens is 174 g/mol. The SMILES string of the molecule is CCN(O)C(N(O)CC)N(O)CC. The van der Waals surface area contributed by atoms with Gasteiger partial charge in [0.15, 0.2) is 6.29 Å². The van der Waals surface area contributed by atoms with Gasteiger partial charge in [-0.1, -0.05) is 0 Å². The third-order valence-electron chi connectivity index (χ3n) is 1.77. The molecule has 0 atom stereocenters. The minimum atomic E-state index is -0.903. The molecule has 3 N–H and O–H groups in total. The van der Waals surface area contributed by atoms with Crippen molar-refractivity contribution in [2.75, 3.05) is 19.6 Å². The molecule has 0 spiro atoms. The van der Waals surface area contributed by atoms with Gasteiger partial charge in [-0.25, -0.2) is 0 Å². The molecule has 6 nitrogen and oxygen atoms in total. The summed E-state index contributed by atoms with van der Waals surface area (Å²) < 4.78 is 0. The van der Waals surface area contributed by atoms with Gasteiger partial charge in [-0.3, -0.25) is 0 Å². The lowest BCUT2D eigenvalue weighted by atomic mass is 10.5. The van der Waals surface area contributed by atoms with Crippen LogP contribution in [-0.4, -0.2) is 56.7 Å². The summed E-state index contributed by atoms with van der Waals surface area (Å²) in [5.41, 5.74) is 0. The summed E-state index contributed by atoms with van der Waals surface area (Å²) in [6.07, 6.45) is -0.903. The maximum Gasteiger partial charge on any atom is 0.185 e. The van der Waals surface area contributed by atoms with Crippen molar-refractivity contribution in [1.82, 2.24) is 15.2 Å². The second-order valence-electron chi connectivity index (χ2n) is 2.61. The Kier molecular flexibility index (Phi) is 6.13. The van der Waals surface area contributed by atoms with E-state index in [4.69, 9.17) is 0 Å². The molecule has 0 aromatic heterocycles. The largest absolute Gasteiger partial charge is 0.311 e. The quantitative estimate of drug-likeness (QED) is 0.419. The van der Waals surface area contributed by atoms with Crippen LogP contribution in [0.4, 0.5) is 0 Å². The van der Waals surface area contributed by atoms with Gasteiger partial charge in [-0.15, -0.1) is 0 Å². The van der Waals surface area contributed by atoms with E-state index >= 15 is 0 Å². The van der Waals surface area contributed by atoms with Crippen LogP contribution in [0.25, 0.3) is 0 Å². The van der Waals surface area contributed by atoms with Crippen molar-refractivity contribution < 1.29 is 15.6 Å². The van der Waals surface area contributed by atoms with Crippen molar-refractivity contribution in [2.45, 2.75) is 27.1 Å². The zero-order valence-corrected chi connectivity index (χ0v) is 8.38. The summed E-state index contributed by atoms with van der Waals surface area (Å²) in [6, 6.07) is 0. The molecule has 0 bridgehead atoms. The molecule has 0 heterocycles. The van der Waals surface area contributed by atoms with Crippen LogP contribution in [0.15, 0.2) is 0 Å². The van der Waals surface area contributed by atoms with E-state index in [0.29, 0.717) is 19.6 Å².